The number of alkyl halides is 1. The van der Waals surface area contributed by atoms with Gasteiger partial charge in [0, 0.05) is 0 Å². The second-order valence-electron chi connectivity index (χ2n) is 1.50. The normalized spacial score (nSPS) is 8.50. The number of nitrogens with two attached hydrogens (primary N) is 1. The molecule has 0 fully saturated rings. The smallest absolute Gasteiger partial charge is 0.181 e. The highest BCUT2D eigenvalue weighted by atomic mass is 79.9. The van der Waals surface area contributed by atoms with Gasteiger partial charge in [0.15, 0.2) is 5.13 Å². The minimum Gasteiger partial charge on any atom is -0.375 e. The fourth-order valence-electron chi connectivity index (χ4n) is 0.466. The van der Waals surface area contributed by atoms with Gasteiger partial charge in [-0.15, -0.1) is 0 Å². The van der Waals surface area contributed by atoms with Gasteiger partial charge >= 0.3 is 0 Å². The zero-order valence-electron chi connectivity index (χ0n) is 5.10. The Bertz CT molecular complexity index is 271. The quantitative estimate of drug-likeness (QED) is 0.528. The Morgan fingerprint density at radius 1 is 1.80 bits per heavy atom. The van der Waals surface area contributed by atoms with E-state index in [-0.39, 0.29) is 0 Å². The van der Waals surface area contributed by atoms with Crippen LogP contribution in [0.4, 0.5) is 5.13 Å². The standard InChI is InChI=1S/C6H5BrN2S/c7-3-1-2-5-4-9-6(8)10-5/h4H,3H2,(H2,8,9). The predicted octanol–water partition coefficient (Wildman–Crippen LogP) is 1.47. The molecule has 0 aromatic carbocycles. The van der Waals surface area contributed by atoms with E-state index in [0.29, 0.717) is 10.5 Å². The third kappa shape index (κ3) is 2.01. The van der Waals surface area contributed by atoms with Gasteiger partial charge in [0.1, 0.15) is 0 Å². The number of hydrogen-bond acceptors (Lipinski definition) is 3. The minimum atomic E-state index is 0.568. The number of thiazole rings is 1. The lowest BCUT2D eigenvalue weighted by molar-refractivity contribution is 1.42. The van der Waals surface area contributed by atoms with E-state index in [1.54, 1.807) is 6.20 Å². The van der Waals surface area contributed by atoms with Crippen molar-refractivity contribution in [2.45, 2.75) is 0 Å². The van der Waals surface area contributed by atoms with E-state index in [0.717, 1.165) is 4.88 Å². The van der Waals surface area contributed by atoms with Crippen LogP contribution in [0, 0.1) is 11.8 Å². The van der Waals surface area contributed by atoms with Crippen LogP contribution in [0.2, 0.25) is 0 Å². The van der Waals surface area contributed by atoms with Crippen molar-refractivity contribution in [3.05, 3.63) is 11.1 Å². The van der Waals surface area contributed by atoms with Crippen molar-refractivity contribution >= 4 is 32.4 Å². The van der Waals surface area contributed by atoms with E-state index in [1.807, 2.05) is 0 Å². The molecule has 0 aliphatic rings. The molecule has 10 heavy (non-hydrogen) atoms. The molecule has 2 nitrogen and oxygen atoms in total. The van der Waals surface area contributed by atoms with E-state index in [9.17, 15) is 0 Å². The lowest BCUT2D eigenvalue weighted by atomic mass is 10.5. The first-order valence-electron chi connectivity index (χ1n) is 2.59. The van der Waals surface area contributed by atoms with Gasteiger partial charge in [0.25, 0.3) is 0 Å². The molecule has 4 heteroatoms. The summed E-state index contributed by atoms with van der Waals surface area (Å²) in [6, 6.07) is 0. The van der Waals surface area contributed by atoms with Crippen molar-refractivity contribution in [1.82, 2.24) is 4.98 Å². The molecule has 0 aliphatic heterocycles. The highest BCUT2D eigenvalue weighted by Gasteiger charge is 1.91. The zero-order chi connectivity index (χ0) is 7.40. The van der Waals surface area contributed by atoms with Gasteiger partial charge < -0.3 is 5.73 Å². The highest BCUT2D eigenvalue weighted by molar-refractivity contribution is 9.09. The molecular weight excluding hydrogens is 212 g/mol. The number of rotatable bonds is 0. The third-order valence-electron chi connectivity index (χ3n) is 0.802. The van der Waals surface area contributed by atoms with Gasteiger partial charge in [-0.3, -0.25) is 0 Å². The summed E-state index contributed by atoms with van der Waals surface area (Å²) in [6.45, 7) is 0. The number of hydrogen-bond donors (Lipinski definition) is 1. The lowest BCUT2D eigenvalue weighted by Crippen LogP contribution is -1.77. The van der Waals surface area contributed by atoms with E-state index in [4.69, 9.17) is 5.73 Å². The maximum Gasteiger partial charge on any atom is 0.181 e. The van der Waals surface area contributed by atoms with Gasteiger partial charge in [-0.05, 0) is 0 Å². The van der Waals surface area contributed by atoms with Crippen LogP contribution in [0.25, 0.3) is 0 Å². The Labute approximate surface area is 71.6 Å². The van der Waals surface area contributed by atoms with Crippen LogP contribution in [0.1, 0.15) is 4.88 Å². The molecule has 0 spiro atoms. The summed E-state index contributed by atoms with van der Waals surface area (Å²) in [4.78, 5) is 4.76. The molecule has 0 atom stereocenters. The Balaban J connectivity index is 2.76. The lowest BCUT2D eigenvalue weighted by Gasteiger charge is -1.72. The van der Waals surface area contributed by atoms with Crippen LogP contribution in [-0.2, 0) is 0 Å². The summed E-state index contributed by atoms with van der Waals surface area (Å²) < 4.78 is 0. The molecule has 1 rings (SSSR count). The van der Waals surface area contributed by atoms with Crippen LogP contribution in [-0.4, -0.2) is 10.3 Å². The van der Waals surface area contributed by atoms with E-state index in [1.165, 1.54) is 11.3 Å². The number of anilines is 1. The molecular formula is C6H5BrN2S. The maximum absolute atomic E-state index is 5.38. The Morgan fingerprint density at radius 3 is 3.10 bits per heavy atom. The van der Waals surface area contributed by atoms with Crippen LogP contribution >= 0.6 is 27.3 Å². The molecule has 1 heterocycles. The summed E-state index contributed by atoms with van der Waals surface area (Å²) in [5.41, 5.74) is 5.38. The average Bonchev–Trinajstić information content (AvgIpc) is 2.31. The largest absolute Gasteiger partial charge is 0.375 e. The van der Waals surface area contributed by atoms with Crippen molar-refractivity contribution in [2.75, 3.05) is 11.1 Å². The Kier molecular flexibility index (Phi) is 2.72. The second kappa shape index (κ2) is 3.59. The monoisotopic (exact) mass is 216 g/mol. The molecule has 0 saturated carbocycles. The van der Waals surface area contributed by atoms with Crippen molar-refractivity contribution in [1.29, 1.82) is 0 Å². The molecule has 52 valence electrons. The van der Waals surface area contributed by atoms with Crippen molar-refractivity contribution in [3.8, 4) is 11.8 Å². The van der Waals surface area contributed by atoms with E-state index >= 15 is 0 Å². The van der Waals surface area contributed by atoms with Crippen LogP contribution < -0.4 is 5.73 Å². The number of halogens is 1. The van der Waals surface area contributed by atoms with Crippen LogP contribution in [0.15, 0.2) is 6.20 Å². The number of nitrogen functional groups attached to an aromatic ring is 1. The first-order chi connectivity index (χ1) is 4.83. The third-order valence-corrected chi connectivity index (χ3v) is 1.82. The first kappa shape index (κ1) is 7.58. The molecule has 1 aromatic heterocycles. The molecule has 0 bridgehead atoms. The molecule has 0 radical (unpaired) electrons. The van der Waals surface area contributed by atoms with Gasteiger partial charge in [-0.2, -0.15) is 0 Å². The summed E-state index contributed by atoms with van der Waals surface area (Å²) in [5.74, 6) is 5.75. The van der Waals surface area contributed by atoms with Gasteiger partial charge in [-0.25, -0.2) is 4.98 Å². The summed E-state index contributed by atoms with van der Waals surface area (Å²) in [5, 5.41) is 1.25. The topological polar surface area (TPSA) is 38.9 Å². The SMILES string of the molecule is Nc1ncc(C#CCBr)s1. The van der Waals surface area contributed by atoms with E-state index in [2.05, 4.69) is 32.8 Å². The zero-order valence-corrected chi connectivity index (χ0v) is 7.50. The minimum absolute atomic E-state index is 0.568. The molecule has 0 aliphatic carbocycles. The molecule has 0 unspecified atom stereocenters. The summed E-state index contributed by atoms with van der Waals surface area (Å²) in [6.07, 6.45) is 1.68. The maximum atomic E-state index is 5.38. The van der Waals surface area contributed by atoms with Gasteiger partial charge in [0.05, 0.1) is 16.4 Å². The van der Waals surface area contributed by atoms with Crippen molar-refractivity contribution < 1.29 is 0 Å². The fourth-order valence-corrected chi connectivity index (χ4v) is 1.17. The predicted molar refractivity (Wildman–Crippen MR) is 47.2 cm³/mol. The molecule has 0 amide bonds. The highest BCUT2D eigenvalue weighted by Crippen LogP contribution is 2.12. The molecule has 1 aromatic rings. The van der Waals surface area contributed by atoms with Crippen molar-refractivity contribution in [3.63, 3.8) is 0 Å². The number of nitrogens with zero attached hydrogens (tertiary/aromatic N) is 1. The van der Waals surface area contributed by atoms with Crippen LogP contribution in [0.5, 0.6) is 0 Å². The van der Waals surface area contributed by atoms with Gasteiger partial charge in [-0.1, -0.05) is 39.1 Å². The Hall–Kier alpha value is -0.530. The molecule has 0 saturated heterocycles. The first-order valence-corrected chi connectivity index (χ1v) is 4.53. The average molecular weight is 217 g/mol. The van der Waals surface area contributed by atoms with E-state index < -0.39 is 0 Å². The van der Waals surface area contributed by atoms with Gasteiger partial charge in [0.2, 0.25) is 0 Å². The summed E-state index contributed by atoms with van der Waals surface area (Å²) in [7, 11) is 0. The van der Waals surface area contributed by atoms with Crippen molar-refractivity contribution in [2.24, 2.45) is 0 Å². The van der Waals surface area contributed by atoms with Crippen LogP contribution in [0.3, 0.4) is 0 Å². The second-order valence-corrected chi connectivity index (χ2v) is 3.12. The molecule has 2 N–H and O–H groups in total. The summed E-state index contributed by atoms with van der Waals surface area (Å²) >= 11 is 4.59. The fraction of sp³-hybridized carbons (Fsp3) is 0.167. The number of aromatic nitrogens is 1. The Morgan fingerprint density at radius 2 is 2.60 bits per heavy atom.